The lowest BCUT2D eigenvalue weighted by Gasteiger charge is -2.08. The summed E-state index contributed by atoms with van der Waals surface area (Å²) in [6.07, 6.45) is -3.68. The molecule has 0 aliphatic rings. The molecule has 0 fully saturated rings. The van der Waals surface area contributed by atoms with Gasteiger partial charge in [-0.1, -0.05) is 51.6 Å². The maximum absolute atomic E-state index is 8.15. The second kappa shape index (κ2) is 4.45. The van der Waals surface area contributed by atoms with Gasteiger partial charge in [0.2, 0.25) is 0 Å². The van der Waals surface area contributed by atoms with Crippen LogP contribution in [0.5, 0.6) is 0 Å². The Balaban J connectivity index is 4.03. The molecule has 0 N–H and O–H groups in total. The lowest BCUT2D eigenvalue weighted by atomic mass is 9.98. The van der Waals surface area contributed by atoms with Crippen LogP contribution in [0.15, 0.2) is 24.2 Å². The first-order valence-corrected chi connectivity index (χ1v) is 3.65. The molecule has 1 unspecified atom stereocenters. The third-order valence-corrected chi connectivity index (χ3v) is 1.33. The highest BCUT2D eigenvalue weighted by Gasteiger charge is 2.00. The predicted octanol–water partition coefficient (Wildman–Crippen LogP) is 4.01. The first kappa shape index (κ1) is 1.93. The summed E-state index contributed by atoms with van der Waals surface area (Å²) in [4.78, 5) is 0. The molecule has 0 saturated carbocycles. The number of hydrogen-bond acceptors (Lipinski definition) is 0. The first-order chi connectivity index (χ1) is 12.5. The largest absolute Gasteiger partial charge is 0.0626 e. The van der Waals surface area contributed by atoms with Gasteiger partial charge in [-0.15, -0.1) is 0 Å². The Kier molecular flexibility index (Phi) is 0.662. The van der Waals surface area contributed by atoms with Crippen LogP contribution in [0.4, 0.5) is 0 Å². The Morgan fingerprint density at radius 2 is 2.08 bits per heavy atom. The van der Waals surface area contributed by atoms with Crippen LogP contribution in [0.25, 0.3) is 0 Å². The van der Waals surface area contributed by atoms with Crippen LogP contribution in [0.3, 0.4) is 0 Å². The molecule has 0 amide bonds. The van der Waals surface area contributed by atoms with Crippen molar-refractivity contribution in [2.24, 2.45) is 5.89 Å². The second-order valence-electron chi connectivity index (χ2n) is 2.51. The molecule has 0 aromatic heterocycles. The molecule has 0 aliphatic carbocycles. The molecule has 1 aromatic carbocycles. The summed E-state index contributed by atoms with van der Waals surface area (Å²) in [5, 5.41) is 0. The van der Waals surface area contributed by atoms with E-state index < -0.39 is 74.0 Å². The Labute approximate surface area is 104 Å². The zero-order valence-corrected chi connectivity index (χ0v) is 7.08. The van der Waals surface area contributed by atoms with Gasteiger partial charge in [-0.2, -0.15) is 0 Å². The van der Waals surface area contributed by atoms with Crippen molar-refractivity contribution in [2.45, 2.75) is 39.8 Å². The van der Waals surface area contributed by atoms with Crippen LogP contribution < -0.4 is 0 Å². The van der Waals surface area contributed by atoms with Crippen molar-refractivity contribution in [2.75, 3.05) is 0 Å². The summed E-state index contributed by atoms with van der Waals surface area (Å²) in [6, 6.07) is -4.14. The number of rotatable bonds is 3. The monoisotopic (exact) mass is 192 g/mol. The summed E-state index contributed by atoms with van der Waals surface area (Å²) in [5.41, 5.74) is -1.77. The van der Waals surface area contributed by atoms with Gasteiger partial charge >= 0.3 is 0 Å². The Morgan fingerprint density at radius 1 is 1.38 bits per heavy atom. The topological polar surface area (TPSA) is 0 Å². The van der Waals surface area contributed by atoms with Crippen molar-refractivity contribution in [3.8, 4) is 0 Å². The Bertz CT molecular complexity index is 737. The van der Waals surface area contributed by atoms with E-state index in [2.05, 4.69) is 0 Å². The van der Waals surface area contributed by atoms with Gasteiger partial charge in [0.25, 0.3) is 0 Å². The van der Waals surface area contributed by atoms with Gasteiger partial charge in [-0.3, -0.25) is 0 Å². The van der Waals surface area contributed by atoms with Gasteiger partial charge in [0.05, 0.1) is 5.48 Å². The van der Waals surface area contributed by atoms with E-state index in [1.54, 1.807) is 0 Å². The van der Waals surface area contributed by atoms with Gasteiger partial charge in [0, 0.05) is 16.4 Å². The van der Waals surface area contributed by atoms with Crippen LogP contribution in [-0.2, 0) is 6.37 Å². The molecule has 0 saturated heterocycles. The maximum Gasteiger partial charge on any atom is 0.0626 e. The van der Waals surface area contributed by atoms with Gasteiger partial charge in [0.15, 0.2) is 0 Å². The Morgan fingerprint density at radius 3 is 2.62 bits per heavy atom. The first-order valence-electron chi connectivity index (χ1n) is 11.7. The van der Waals surface area contributed by atoms with Crippen molar-refractivity contribution >= 4 is 0 Å². The van der Waals surface area contributed by atoms with Gasteiger partial charge in [-0.25, -0.2) is 0 Å². The highest BCUT2D eigenvalue weighted by molar-refractivity contribution is 5.24. The molecular weight excluding hydrogens is 156 g/mol. The van der Waals surface area contributed by atoms with E-state index in [1.807, 2.05) is 0 Å². The van der Waals surface area contributed by atoms with Crippen molar-refractivity contribution < 1.29 is 21.9 Å². The minimum atomic E-state index is -3.82. The van der Waals surface area contributed by atoms with Crippen LogP contribution >= 0.6 is 0 Å². The van der Waals surface area contributed by atoms with E-state index in [0.29, 0.717) is 0 Å². The fraction of sp³-hybridized carbons (Fsp3) is 0.538. The minimum absolute atomic E-state index is 0.544. The van der Waals surface area contributed by atoms with E-state index >= 15 is 0 Å². The van der Waals surface area contributed by atoms with Crippen molar-refractivity contribution in [1.29, 1.82) is 0 Å². The quantitative estimate of drug-likeness (QED) is 0.679. The van der Waals surface area contributed by atoms with Crippen LogP contribution in [0.2, 0.25) is 0 Å². The van der Waals surface area contributed by atoms with E-state index in [0.717, 1.165) is 6.92 Å². The molecule has 0 aliphatic heterocycles. The number of benzene rings is 1. The molecule has 0 nitrogen and oxygen atoms in total. The summed E-state index contributed by atoms with van der Waals surface area (Å²) in [6.45, 7) is -9.03. The van der Waals surface area contributed by atoms with E-state index in [4.69, 9.17) is 21.9 Å². The predicted molar refractivity (Wildman–Crippen MR) is 59.1 cm³/mol. The molecule has 1 rings (SSSR count). The van der Waals surface area contributed by atoms with Gasteiger partial charge in [0.1, 0.15) is 0 Å². The van der Waals surface area contributed by atoms with Crippen LogP contribution in [-0.4, -0.2) is 0 Å². The molecule has 0 radical (unpaired) electrons. The highest BCUT2D eigenvalue weighted by Crippen LogP contribution is 2.16. The summed E-state index contributed by atoms with van der Waals surface area (Å²) in [7, 11) is 0. The lowest BCUT2D eigenvalue weighted by Crippen LogP contribution is -1.94. The molecule has 0 heterocycles. The van der Waals surface area contributed by atoms with Crippen molar-refractivity contribution in [3.63, 3.8) is 0 Å². The molecule has 72 valence electrons. The SMILES string of the molecule is [2H]c1c([2H])c(C([2H])([2H])C([2H])(C([2H])([2H])[2H])C([2H])([2H])[2H])c([2H])c([2H])c1C(C)C([2H])([2H])[2H]. The zero-order chi connectivity index (χ0) is 23.5. The average molecular weight is 192 g/mol. The maximum atomic E-state index is 8.15. The Hall–Kier alpha value is -0.780. The molecular formula is C13H20. The molecule has 13 heavy (non-hydrogen) atoms. The van der Waals surface area contributed by atoms with Crippen LogP contribution in [0, 0.1) is 5.89 Å². The minimum Gasteiger partial charge on any atom is -0.0625 e. The average Bonchev–Trinajstić information content (AvgIpc) is 2.49. The fourth-order valence-electron chi connectivity index (χ4n) is 0.726. The third kappa shape index (κ3) is 3.22. The molecule has 1 atom stereocenters. The van der Waals surface area contributed by atoms with E-state index in [9.17, 15) is 0 Å². The van der Waals surface area contributed by atoms with E-state index in [-0.39, 0.29) is 0 Å². The standard InChI is InChI=1S/C13H20/c1-10(2)9-12-5-7-13(8-6-12)11(3)4/h5-8,10-11H,9H2,1-4H3/i1D3,2D3,3D3,5D,6D,7D,8D,9D2,10D. The van der Waals surface area contributed by atoms with Gasteiger partial charge < -0.3 is 0 Å². The molecule has 0 heteroatoms. The van der Waals surface area contributed by atoms with Gasteiger partial charge in [-0.05, 0) is 29.3 Å². The second-order valence-corrected chi connectivity index (χ2v) is 2.51. The third-order valence-electron chi connectivity index (χ3n) is 1.33. The smallest absolute Gasteiger partial charge is 0.0625 e. The lowest BCUT2D eigenvalue weighted by molar-refractivity contribution is 0.647. The molecule has 0 bridgehead atoms. The summed E-state index contributed by atoms with van der Waals surface area (Å²) in [5.74, 6) is -5.30. The summed E-state index contributed by atoms with van der Waals surface area (Å²) < 4.78 is 123. The molecule has 0 spiro atoms. The van der Waals surface area contributed by atoms with Crippen molar-refractivity contribution in [3.05, 3.63) is 35.3 Å². The molecule has 1 aromatic rings. The van der Waals surface area contributed by atoms with Crippen LogP contribution in [0.1, 0.15) is 66.5 Å². The van der Waals surface area contributed by atoms with Crippen molar-refractivity contribution in [1.82, 2.24) is 0 Å². The number of hydrogen-bond donors (Lipinski definition) is 0. The normalized spacial score (nSPS) is 36.1. The van der Waals surface area contributed by atoms with E-state index in [1.165, 1.54) is 0 Å². The fourth-order valence-corrected chi connectivity index (χ4v) is 0.726. The highest BCUT2D eigenvalue weighted by atomic mass is 14.1. The zero-order valence-electron chi connectivity index (χ0n) is 23.1. The summed E-state index contributed by atoms with van der Waals surface area (Å²) >= 11 is 0.